The van der Waals surface area contributed by atoms with Gasteiger partial charge in [0.15, 0.2) is 5.82 Å². The molecule has 1 aliphatic heterocycles. The van der Waals surface area contributed by atoms with Gasteiger partial charge in [-0.25, -0.2) is 4.79 Å². The first-order valence-electron chi connectivity index (χ1n) is 8.70. The zero-order valence-electron chi connectivity index (χ0n) is 13.6. The maximum absolute atomic E-state index is 13.0. The maximum Gasteiger partial charge on any atom is 0.325 e. The van der Waals surface area contributed by atoms with E-state index < -0.39 is 5.54 Å². The number of hydrogen-bond donors (Lipinski definition) is 1. The van der Waals surface area contributed by atoms with E-state index in [1.165, 1.54) is 4.90 Å². The first-order chi connectivity index (χ1) is 12.2. The highest BCUT2D eigenvalue weighted by atomic mass is 16.5. The van der Waals surface area contributed by atoms with Crippen LogP contribution in [-0.4, -0.2) is 32.5 Å². The number of rotatable bonds is 5. The Labute approximate surface area is 144 Å². The zero-order chi connectivity index (χ0) is 17.0. The second kappa shape index (κ2) is 5.15. The molecule has 5 rings (SSSR count). The van der Waals surface area contributed by atoms with Crippen LogP contribution in [0.15, 0.2) is 34.9 Å². The van der Waals surface area contributed by atoms with E-state index >= 15 is 0 Å². The van der Waals surface area contributed by atoms with Crippen LogP contribution in [0.25, 0.3) is 11.5 Å². The Morgan fingerprint density at radius 2 is 1.80 bits per heavy atom. The Balaban J connectivity index is 1.38. The molecule has 2 aliphatic carbocycles. The van der Waals surface area contributed by atoms with Crippen molar-refractivity contribution in [1.82, 2.24) is 20.4 Å². The van der Waals surface area contributed by atoms with Gasteiger partial charge in [0.05, 0.1) is 6.54 Å². The summed E-state index contributed by atoms with van der Waals surface area (Å²) in [4.78, 5) is 31.1. The average molecular weight is 338 g/mol. The normalized spacial score (nSPS) is 22.3. The van der Waals surface area contributed by atoms with Gasteiger partial charge in [-0.15, -0.1) is 0 Å². The van der Waals surface area contributed by atoms with Crippen molar-refractivity contribution < 1.29 is 14.1 Å². The number of amides is 3. The second-order valence-electron chi connectivity index (χ2n) is 7.12. The van der Waals surface area contributed by atoms with E-state index in [0.29, 0.717) is 11.7 Å². The van der Waals surface area contributed by atoms with Gasteiger partial charge in [0, 0.05) is 5.56 Å². The first-order valence-corrected chi connectivity index (χ1v) is 8.70. The molecule has 3 aliphatic rings. The van der Waals surface area contributed by atoms with E-state index in [1.807, 2.05) is 30.3 Å². The van der Waals surface area contributed by atoms with E-state index in [-0.39, 0.29) is 30.3 Å². The summed E-state index contributed by atoms with van der Waals surface area (Å²) in [5.41, 5.74) is 0.132. The van der Waals surface area contributed by atoms with E-state index in [1.54, 1.807) is 0 Å². The number of nitrogens with zero attached hydrogens (tertiary/aromatic N) is 3. The summed E-state index contributed by atoms with van der Waals surface area (Å²) in [5.74, 6) is 1.18. The van der Waals surface area contributed by atoms with Crippen LogP contribution in [0.3, 0.4) is 0 Å². The summed E-state index contributed by atoms with van der Waals surface area (Å²) in [7, 11) is 0. The van der Waals surface area contributed by atoms with Crippen LogP contribution in [-0.2, 0) is 11.3 Å². The van der Waals surface area contributed by atoms with Gasteiger partial charge in [0.1, 0.15) is 5.54 Å². The van der Waals surface area contributed by atoms with Crippen LogP contribution in [0.1, 0.15) is 31.5 Å². The summed E-state index contributed by atoms with van der Waals surface area (Å²) >= 11 is 0. The van der Waals surface area contributed by atoms with Crippen molar-refractivity contribution in [2.24, 2.45) is 11.8 Å². The number of carbonyl (C=O) groups is 2. The third-order valence-electron chi connectivity index (χ3n) is 5.39. The highest BCUT2D eigenvalue weighted by Crippen LogP contribution is 2.54. The predicted octanol–water partition coefficient (Wildman–Crippen LogP) is 2.35. The molecule has 25 heavy (non-hydrogen) atoms. The number of benzene rings is 1. The van der Waals surface area contributed by atoms with E-state index in [0.717, 1.165) is 31.2 Å². The van der Waals surface area contributed by atoms with Gasteiger partial charge >= 0.3 is 6.03 Å². The summed E-state index contributed by atoms with van der Waals surface area (Å²) in [6.45, 7) is 0.0438. The van der Waals surface area contributed by atoms with Gasteiger partial charge in [-0.05, 0) is 49.7 Å². The van der Waals surface area contributed by atoms with E-state index in [2.05, 4.69) is 15.5 Å². The van der Waals surface area contributed by atoms with Crippen LogP contribution >= 0.6 is 0 Å². The zero-order valence-corrected chi connectivity index (χ0v) is 13.6. The summed E-state index contributed by atoms with van der Waals surface area (Å²) in [5, 5.41) is 6.93. The molecule has 2 saturated carbocycles. The Hall–Kier alpha value is -2.70. The highest BCUT2D eigenvalue weighted by Gasteiger charge is 2.65. The quantitative estimate of drug-likeness (QED) is 0.846. The molecule has 0 unspecified atom stereocenters. The molecule has 0 spiro atoms. The maximum atomic E-state index is 13.0. The van der Waals surface area contributed by atoms with Gasteiger partial charge < -0.3 is 9.84 Å². The Morgan fingerprint density at radius 1 is 1.12 bits per heavy atom. The monoisotopic (exact) mass is 338 g/mol. The van der Waals surface area contributed by atoms with Gasteiger partial charge in [0.2, 0.25) is 0 Å². The molecule has 0 bridgehead atoms. The number of nitrogens with one attached hydrogen (secondary N) is 1. The molecule has 1 N–H and O–H groups in total. The molecule has 7 nitrogen and oxygen atoms in total. The molecule has 128 valence electrons. The molecule has 1 aromatic carbocycles. The van der Waals surface area contributed by atoms with Crippen molar-refractivity contribution in [3.05, 3.63) is 36.2 Å². The van der Waals surface area contributed by atoms with Crippen molar-refractivity contribution in [2.75, 3.05) is 0 Å². The minimum atomic E-state index is -0.678. The lowest BCUT2D eigenvalue weighted by molar-refractivity contribution is -0.133. The minimum absolute atomic E-state index is 0.0438. The van der Waals surface area contributed by atoms with Gasteiger partial charge in [-0.3, -0.25) is 9.69 Å². The van der Waals surface area contributed by atoms with Crippen molar-refractivity contribution in [3.8, 4) is 11.5 Å². The lowest BCUT2D eigenvalue weighted by Gasteiger charge is -2.26. The van der Waals surface area contributed by atoms with Crippen LogP contribution < -0.4 is 5.32 Å². The molecule has 2 aromatic rings. The molecule has 0 radical (unpaired) electrons. The standard InChI is InChI=1S/C18H18N4O3/c23-16-18(12-6-7-12,13-8-9-13)20-17(24)22(16)10-14-19-15(25-21-14)11-4-2-1-3-5-11/h1-5,12-13H,6-10H2,(H,20,24). The molecular weight excluding hydrogens is 320 g/mol. The molecule has 7 heteroatoms. The minimum Gasteiger partial charge on any atom is -0.334 e. The second-order valence-corrected chi connectivity index (χ2v) is 7.12. The highest BCUT2D eigenvalue weighted by molar-refractivity contribution is 6.07. The lowest BCUT2D eigenvalue weighted by Crippen LogP contribution is -2.51. The van der Waals surface area contributed by atoms with Crippen molar-refractivity contribution in [1.29, 1.82) is 0 Å². The Morgan fingerprint density at radius 3 is 2.44 bits per heavy atom. The SMILES string of the molecule is O=C1NC(C2CC2)(C2CC2)C(=O)N1Cc1noc(-c2ccccc2)n1. The van der Waals surface area contributed by atoms with Crippen LogP contribution in [0.4, 0.5) is 4.79 Å². The number of aromatic nitrogens is 2. The molecule has 1 aromatic heterocycles. The lowest BCUT2D eigenvalue weighted by atomic mass is 9.87. The Kier molecular flexibility index (Phi) is 3.01. The predicted molar refractivity (Wildman–Crippen MR) is 87.0 cm³/mol. The summed E-state index contributed by atoms with van der Waals surface area (Å²) in [6, 6.07) is 9.08. The third-order valence-corrected chi connectivity index (χ3v) is 5.39. The third kappa shape index (κ3) is 2.26. The molecule has 3 amide bonds. The van der Waals surface area contributed by atoms with Crippen LogP contribution in [0.2, 0.25) is 0 Å². The van der Waals surface area contributed by atoms with Crippen molar-refractivity contribution in [2.45, 2.75) is 37.8 Å². The molecule has 0 atom stereocenters. The van der Waals surface area contributed by atoms with Crippen LogP contribution in [0.5, 0.6) is 0 Å². The number of urea groups is 1. The molecule has 1 saturated heterocycles. The number of hydrogen-bond acceptors (Lipinski definition) is 5. The summed E-state index contributed by atoms with van der Waals surface area (Å²) in [6.07, 6.45) is 4.04. The van der Waals surface area contributed by atoms with Gasteiger partial charge in [0.25, 0.3) is 11.8 Å². The summed E-state index contributed by atoms with van der Waals surface area (Å²) < 4.78 is 5.27. The first kappa shape index (κ1) is 14.6. The largest absolute Gasteiger partial charge is 0.334 e. The smallest absolute Gasteiger partial charge is 0.325 e. The van der Waals surface area contributed by atoms with Crippen molar-refractivity contribution >= 4 is 11.9 Å². The fraction of sp³-hybridized carbons (Fsp3) is 0.444. The van der Waals surface area contributed by atoms with E-state index in [4.69, 9.17) is 4.52 Å². The van der Waals surface area contributed by atoms with Crippen LogP contribution in [0, 0.1) is 11.8 Å². The number of imide groups is 1. The molecular formula is C18H18N4O3. The fourth-order valence-corrected chi connectivity index (χ4v) is 3.88. The van der Waals surface area contributed by atoms with Gasteiger partial charge in [-0.1, -0.05) is 23.4 Å². The fourth-order valence-electron chi connectivity index (χ4n) is 3.88. The Bertz CT molecular complexity index is 827. The molecule has 3 fully saturated rings. The average Bonchev–Trinajstić information content (AvgIpc) is 3.55. The topological polar surface area (TPSA) is 88.3 Å². The van der Waals surface area contributed by atoms with Gasteiger partial charge in [-0.2, -0.15) is 4.98 Å². The van der Waals surface area contributed by atoms with E-state index in [9.17, 15) is 9.59 Å². The van der Waals surface area contributed by atoms with Crippen molar-refractivity contribution in [3.63, 3.8) is 0 Å². The molecule has 2 heterocycles. The number of carbonyl (C=O) groups excluding carboxylic acids is 2.